The van der Waals surface area contributed by atoms with E-state index in [4.69, 9.17) is 39.5 Å². The Balaban J connectivity index is 1.94. The summed E-state index contributed by atoms with van der Waals surface area (Å²) in [6, 6.07) is 10.2. The molecule has 0 heterocycles. The minimum atomic E-state index is -0.238. The quantitative estimate of drug-likeness (QED) is 0.505. The third-order valence-corrected chi connectivity index (χ3v) is 3.97. The zero-order chi connectivity index (χ0) is 17.5. The van der Waals surface area contributed by atoms with Gasteiger partial charge in [0.2, 0.25) is 5.91 Å². The van der Waals surface area contributed by atoms with Gasteiger partial charge in [0.25, 0.3) is 0 Å². The first-order chi connectivity index (χ1) is 11.5. The van der Waals surface area contributed by atoms with Crippen molar-refractivity contribution in [2.24, 2.45) is 0 Å². The van der Waals surface area contributed by atoms with E-state index in [9.17, 15) is 4.79 Å². The molecule has 0 atom stereocenters. The van der Waals surface area contributed by atoms with Crippen LogP contribution in [0.5, 0.6) is 5.75 Å². The van der Waals surface area contributed by atoms with Crippen LogP contribution in [0.25, 0.3) is 0 Å². The Kier molecular flexibility index (Phi) is 6.79. The zero-order valence-electron chi connectivity index (χ0n) is 12.6. The lowest BCUT2D eigenvalue weighted by atomic mass is 10.3. The van der Waals surface area contributed by atoms with Crippen molar-refractivity contribution in [3.63, 3.8) is 0 Å². The molecule has 7 heteroatoms. The lowest BCUT2D eigenvalue weighted by molar-refractivity contribution is -0.114. The molecule has 2 rings (SSSR count). The maximum Gasteiger partial charge on any atom is 0.243 e. The van der Waals surface area contributed by atoms with E-state index in [2.05, 4.69) is 17.2 Å². The fourth-order valence-electron chi connectivity index (χ4n) is 1.86. The minimum Gasteiger partial charge on any atom is -0.489 e. The molecule has 24 heavy (non-hydrogen) atoms. The highest BCUT2D eigenvalue weighted by Crippen LogP contribution is 2.32. The highest BCUT2D eigenvalue weighted by atomic mass is 35.5. The molecule has 0 aliphatic rings. The molecule has 126 valence electrons. The molecule has 2 N–H and O–H groups in total. The number of nitrogens with one attached hydrogen (secondary N) is 2. The van der Waals surface area contributed by atoms with Gasteiger partial charge >= 0.3 is 0 Å². The first-order valence-corrected chi connectivity index (χ1v) is 8.15. The van der Waals surface area contributed by atoms with Gasteiger partial charge in [-0.05, 0) is 24.3 Å². The maximum atomic E-state index is 12.0. The van der Waals surface area contributed by atoms with Crippen LogP contribution in [0.2, 0.25) is 15.1 Å². The Bertz CT molecular complexity index is 751. The molecule has 0 fully saturated rings. The van der Waals surface area contributed by atoms with Gasteiger partial charge in [0.05, 0.1) is 27.3 Å². The molecule has 0 unspecified atom stereocenters. The van der Waals surface area contributed by atoms with Crippen molar-refractivity contribution >= 4 is 52.1 Å². The standard InChI is InChI=1S/C17H15Cl3N2O2/c1-2-6-24-12-5-3-4-11(7-12)22-17(23)10-21-16-9-14(19)13(18)8-15(16)20/h2-5,7-9,21H,1,6,10H2,(H,22,23). The molecule has 0 saturated heterocycles. The van der Waals surface area contributed by atoms with E-state index in [1.54, 1.807) is 36.4 Å². The van der Waals surface area contributed by atoms with Gasteiger partial charge < -0.3 is 15.4 Å². The van der Waals surface area contributed by atoms with E-state index in [1.165, 1.54) is 6.07 Å². The number of carbonyl (C=O) groups is 1. The zero-order valence-corrected chi connectivity index (χ0v) is 14.9. The smallest absolute Gasteiger partial charge is 0.243 e. The number of rotatable bonds is 7. The molecule has 4 nitrogen and oxygen atoms in total. The number of carbonyl (C=O) groups excluding carboxylic acids is 1. The first kappa shape index (κ1) is 18.5. The Labute approximate surface area is 155 Å². The summed E-state index contributed by atoms with van der Waals surface area (Å²) >= 11 is 17.9. The third kappa shape index (κ3) is 5.34. The van der Waals surface area contributed by atoms with Gasteiger partial charge in [-0.15, -0.1) is 0 Å². The lowest BCUT2D eigenvalue weighted by Crippen LogP contribution is -2.21. The Morgan fingerprint density at radius 2 is 1.88 bits per heavy atom. The normalized spacial score (nSPS) is 10.1. The molecular formula is C17H15Cl3N2O2. The second-order valence-corrected chi connectivity index (χ2v) is 6.00. The predicted molar refractivity (Wildman–Crippen MR) is 101 cm³/mol. The van der Waals surface area contributed by atoms with Crippen LogP contribution in [0.1, 0.15) is 0 Å². The average Bonchev–Trinajstić information content (AvgIpc) is 2.55. The van der Waals surface area contributed by atoms with Crippen molar-refractivity contribution in [3.05, 3.63) is 64.1 Å². The molecule has 0 aromatic heterocycles. The van der Waals surface area contributed by atoms with Gasteiger partial charge in [-0.1, -0.05) is 53.5 Å². The topological polar surface area (TPSA) is 50.4 Å². The molecule has 0 saturated carbocycles. The largest absolute Gasteiger partial charge is 0.489 e. The Morgan fingerprint density at radius 1 is 1.12 bits per heavy atom. The average molecular weight is 386 g/mol. The van der Waals surface area contributed by atoms with E-state index in [0.29, 0.717) is 38.8 Å². The molecule has 0 aliphatic carbocycles. The highest BCUT2D eigenvalue weighted by molar-refractivity contribution is 6.44. The van der Waals surface area contributed by atoms with Crippen molar-refractivity contribution in [3.8, 4) is 5.75 Å². The maximum absolute atomic E-state index is 12.0. The molecular weight excluding hydrogens is 371 g/mol. The van der Waals surface area contributed by atoms with Gasteiger partial charge in [0.15, 0.2) is 0 Å². The molecule has 0 radical (unpaired) electrons. The molecule has 1 amide bonds. The van der Waals surface area contributed by atoms with Crippen molar-refractivity contribution in [1.82, 2.24) is 0 Å². The van der Waals surface area contributed by atoms with E-state index in [1.807, 2.05) is 0 Å². The number of hydrogen-bond donors (Lipinski definition) is 2. The summed E-state index contributed by atoms with van der Waals surface area (Å²) in [5, 5.41) is 6.78. The van der Waals surface area contributed by atoms with Crippen LogP contribution in [0.15, 0.2) is 49.1 Å². The number of halogens is 3. The van der Waals surface area contributed by atoms with Crippen LogP contribution in [-0.4, -0.2) is 19.1 Å². The van der Waals surface area contributed by atoms with E-state index in [-0.39, 0.29) is 12.5 Å². The summed E-state index contributed by atoms with van der Waals surface area (Å²) in [7, 11) is 0. The van der Waals surface area contributed by atoms with Gasteiger partial charge in [-0.2, -0.15) is 0 Å². The molecule has 0 aliphatic heterocycles. The van der Waals surface area contributed by atoms with Gasteiger partial charge in [-0.3, -0.25) is 4.79 Å². The van der Waals surface area contributed by atoms with Crippen LogP contribution in [0.3, 0.4) is 0 Å². The number of anilines is 2. The minimum absolute atomic E-state index is 0.0232. The number of benzene rings is 2. The Morgan fingerprint density at radius 3 is 2.62 bits per heavy atom. The van der Waals surface area contributed by atoms with Crippen molar-refractivity contribution in [2.75, 3.05) is 23.8 Å². The summed E-state index contributed by atoms with van der Waals surface area (Å²) in [4.78, 5) is 12.0. The van der Waals surface area contributed by atoms with Crippen LogP contribution in [0, 0.1) is 0 Å². The van der Waals surface area contributed by atoms with Crippen LogP contribution >= 0.6 is 34.8 Å². The van der Waals surface area contributed by atoms with Crippen molar-refractivity contribution in [2.45, 2.75) is 0 Å². The molecule has 2 aromatic carbocycles. The predicted octanol–water partition coefficient (Wildman–Crippen LogP) is 5.26. The van der Waals surface area contributed by atoms with Crippen molar-refractivity contribution in [1.29, 1.82) is 0 Å². The SMILES string of the molecule is C=CCOc1cccc(NC(=O)CNc2cc(Cl)c(Cl)cc2Cl)c1. The van der Waals surface area contributed by atoms with Gasteiger partial charge in [0, 0.05) is 11.8 Å². The second kappa shape index (κ2) is 8.83. The fourth-order valence-corrected chi connectivity index (χ4v) is 2.47. The second-order valence-electron chi connectivity index (χ2n) is 4.78. The Hall–Kier alpha value is -1.88. The molecule has 2 aromatic rings. The number of amides is 1. The van der Waals surface area contributed by atoms with E-state index < -0.39 is 0 Å². The van der Waals surface area contributed by atoms with E-state index in [0.717, 1.165) is 0 Å². The van der Waals surface area contributed by atoms with Crippen LogP contribution in [-0.2, 0) is 4.79 Å². The number of hydrogen-bond acceptors (Lipinski definition) is 3. The van der Waals surface area contributed by atoms with E-state index >= 15 is 0 Å². The van der Waals surface area contributed by atoms with Crippen LogP contribution in [0.4, 0.5) is 11.4 Å². The highest BCUT2D eigenvalue weighted by Gasteiger charge is 2.08. The van der Waals surface area contributed by atoms with Gasteiger partial charge in [-0.25, -0.2) is 0 Å². The summed E-state index contributed by atoms with van der Waals surface area (Å²) < 4.78 is 5.42. The lowest BCUT2D eigenvalue weighted by Gasteiger charge is -2.11. The van der Waals surface area contributed by atoms with Crippen LogP contribution < -0.4 is 15.4 Å². The first-order valence-electron chi connectivity index (χ1n) is 7.01. The van der Waals surface area contributed by atoms with Gasteiger partial charge in [0.1, 0.15) is 12.4 Å². The summed E-state index contributed by atoms with van der Waals surface area (Å²) in [6.45, 7) is 4.01. The third-order valence-electron chi connectivity index (χ3n) is 2.94. The number of ether oxygens (including phenoxy) is 1. The monoisotopic (exact) mass is 384 g/mol. The summed E-state index contributed by atoms with van der Waals surface area (Å²) in [5.41, 5.74) is 1.16. The van der Waals surface area contributed by atoms with Crippen molar-refractivity contribution < 1.29 is 9.53 Å². The fraction of sp³-hybridized carbons (Fsp3) is 0.118. The molecule has 0 spiro atoms. The summed E-state index contributed by atoms with van der Waals surface area (Å²) in [5.74, 6) is 0.409. The summed E-state index contributed by atoms with van der Waals surface area (Å²) in [6.07, 6.45) is 1.65. The molecule has 0 bridgehead atoms.